The molecule has 0 spiro atoms. The van der Waals surface area contributed by atoms with Crippen molar-refractivity contribution in [3.8, 4) is 5.75 Å². The van der Waals surface area contributed by atoms with Gasteiger partial charge < -0.3 is 10.1 Å². The standard InChI is InChI=1S/C17H19N3OS/c1-12-5-4-6-16(13(12)2)19-17(22)20-18-11-14-7-9-15(21-3)10-8-14/h4-11H,1-3H3,(H2,19,20,22)/b18-11-. The number of hydrogen-bond donors (Lipinski definition) is 2. The Morgan fingerprint density at radius 3 is 2.55 bits per heavy atom. The van der Waals surface area contributed by atoms with Gasteiger partial charge in [0.15, 0.2) is 5.11 Å². The zero-order chi connectivity index (χ0) is 15.9. The molecule has 2 N–H and O–H groups in total. The van der Waals surface area contributed by atoms with Crippen molar-refractivity contribution in [2.75, 3.05) is 12.4 Å². The summed E-state index contributed by atoms with van der Waals surface area (Å²) in [6.07, 6.45) is 1.70. The zero-order valence-electron chi connectivity index (χ0n) is 12.9. The van der Waals surface area contributed by atoms with Gasteiger partial charge in [-0.3, -0.25) is 5.43 Å². The molecule has 0 saturated carbocycles. The highest BCUT2D eigenvalue weighted by atomic mass is 32.1. The summed E-state index contributed by atoms with van der Waals surface area (Å²) in [6.45, 7) is 4.12. The lowest BCUT2D eigenvalue weighted by Crippen LogP contribution is -2.24. The van der Waals surface area contributed by atoms with E-state index in [9.17, 15) is 0 Å². The van der Waals surface area contributed by atoms with Gasteiger partial charge in [0.05, 0.1) is 13.3 Å². The van der Waals surface area contributed by atoms with Gasteiger partial charge >= 0.3 is 0 Å². The van der Waals surface area contributed by atoms with Crippen molar-refractivity contribution < 1.29 is 4.74 Å². The molecule has 2 rings (SSSR count). The first-order valence-corrected chi connectivity index (χ1v) is 7.31. The van der Waals surface area contributed by atoms with E-state index in [1.165, 1.54) is 11.1 Å². The molecule has 0 atom stereocenters. The highest BCUT2D eigenvalue weighted by molar-refractivity contribution is 7.80. The predicted octanol–water partition coefficient (Wildman–Crippen LogP) is 3.63. The van der Waals surface area contributed by atoms with Crippen LogP contribution in [0.4, 0.5) is 5.69 Å². The Labute approximate surface area is 136 Å². The third kappa shape index (κ3) is 4.30. The van der Waals surface area contributed by atoms with Crippen molar-refractivity contribution in [3.05, 3.63) is 59.2 Å². The maximum Gasteiger partial charge on any atom is 0.191 e. The van der Waals surface area contributed by atoms with Gasteiger partial charge in [-0.2, -0.15) is 5.10 Å². The number of hydrazone groups is 1. The number of hydrogen-bond acceptors (Lipinski definition) is 3. The first-order chi connectivity index (χ1) is 10.6. The molecule has 0 amide bonds. The van der Waals surface area contributed by atoms with E-state index in [2.05, 4.69) is 35.8 Å². The van der Waals surface area contributed by atoms with Gasteiger partial charge in [-0.05, 0) is 73.1 Å². The lowest BCUT2D eigenvalue weighted by atomic mass is 10.1. The van der Waals surface area contributed by atoms with Crippen molar-refractivity contribution in [1.29, 1.82) is 0 Å². The van der Waals surface area contributed by atoms with Gasteiger partial charge in [-0.15, -0.1) is 0 Å². The Bertz CT molecular complexity index is 681. The van der Waals surface area contributed by atoms with E-state index in [0.29, 0.717) is 5.11 Å². The van der Waals surface area contributed by atoms with E-state index < -0.39 is 0 Å². The van der Waals surface area contributed by atoms with E-state index in [1.54, 1.807) is 13.3 Å². The number of methoxy groups -OCH3 is 1. The summed E-state index contributed by atoms with van der Waals surface area (Å²) in [7, 11) is 1.64. The quantitative estimate of drug-likeness (QED) is 0.514. The molecule has 0 aliphatic rings. The molecule has 0 heterocycles. The van der Waals surface area contributed by atoms with Crippen LogP contribution in [0.25, 0.3) is 0 Å². The number of rotatable bonds is 4. The number of ether oxygens (including phenoxy) is 1. The van der Waals surface area contributed by atoms with Gasteiger partial charge in [0.2, 0.25) is 0 Å². The van der Waals surface area contributed by atoms with Crippen LogP contribution in [-0.2, 0) is 0 Å². The second-order valence-corrected chi connectivity index (χ2v) is 5.25. The fourth-order valence-corrected chi connectivity index (χ4v) is 2.05. The molecule has 2 aromatic rings. The molecule has 4 nitrogen and oxygen atoms in total. The topological polar surface area (TPSA) is 45.6 Å². The normalized spacial score (nSPS) is 10.5. The van der Waals surface area contributed by atoms with Gasteiger partial charge in [0.25, 0.3) is 0 Å². The molecular weight excluding hydrogens is 294 g/mol. The van der Waals surface area contributed by atoms with Crippen LogP contribution in [0, 0.1) is 13.8 Å². The SMILES string of the molecule is COc1ccc(/C=N\NC(=S)Nc2cccc(C)c2C)cc1. The lowest BCUT2D eigenvalue weighted by molar-refractivity contribution is 0.415. The summed E-state index contributed by atoms with van der Waals surface area (Å²) < 4.78 is 5.11. The molecule has 5 heteroatoms. The molecule has 114 valence electrons. The van der Waals surface area contributed by atoms with E-state index in [1.807, 2.05) is 36.4 Å². The lowest BCUT2D eigenvalue weighted by Gasteiger charge is -2.11. The Balaban J connectivity index is 1.91. The van der Waals surface area contributed by atoms with Crippen molar-refractivity contribution in [3.63, 3.8) is 0 Å². The average Bonchev–Trinajstić information content (AvgIpc) is 2.52. The fraction of sp³-hybridized carbons (Fsp3) is 0.176. The fourth-order valence-electron chi connectivity index (χ4n) is 1.89. The van der Waals surface area contributed by atoms with Crippen LogP contribution in [-0.4, -0.2) is 18.4 Å². The zero-order valence-corrected chi connectivity index (χ0v) is 13.7. The largest absolute Gasteiger partial charge is 0.497 e. The summed E-state index contributed by atoms with van der Waals surface area (Å²) in [6, 6.07) is 13.7. The second-order valence-electron chi connectivity index (χ2n) is 4.84. The maximum absolute atomic E-state index is 5.24. The molecule has 2 aromatic carbocycles. The summed E-state index contributed by atoms with van der Waals surface area (Å²) in [5.41, 5.74) is 7.15. The minimum Gasteiger partial charge on any atom is -0.497 e. The van der Waals surface area contributed by atoms with Crippen LogP contribution in [0.3, 0.4) is 0 Å². The molecule has 0 aromatic heterocycles. The molecule has 0 bridgehead atoms. The van der Waals surface area contributed by atoms with E-state index in [-0.39, 0.29) is 0 Å². The first kappa shape index (κ1) is 16.0. The number of aryl methyl sites for hydroxylation is 1. The van der Waals surface area contributed by atoms with Crippen molar-refractivity contribution >= 4 is 29.2 Å². The smallest absolute Gasteiger partial charge is 0.191 e. The van der Waals surface area contributed by atoms with Crippen molar-refractivity contribution in [2.24, 2.45) is 5.10 Å². The first-order valence-electron chi connectivity index (χ1n) is 6.90. The predicted molar refractivity (Wildman–Crippen MR) is 95.9 cm³/mol. The summed E-state index contributed by atoms with van der Waals surface area (Å²) in [5, 5.41) is 7.72. The van der Waals surface area contributed by atoms with Crippen LogP contribution in [0.5, 0.6) is 5.75 Å². The van der Waals surface area contributed by atoms with Gasteiger partial charge in [-0.1, -0.05) is 12.1 Å². The molecular formula is C17H19N3OS. The molecule has 0 unspecified atom stereocenters. The van der Waals surface area contributed by atoms with Gasteiger partial charge in [-0.25, -0.2) is 0 Å². The third-order valence-corrected chi connectivity index (χ3v) is 3.54. The molecule has 0 aliphatic carbocycles. The molecule has 0 fully saturated rings. The maximum atomic E-state index is 5.24. The minimum absolute atomic E-state index is 0.457. The van der Waals surface area contributed by atoms with E-state index >= 15 is 0 Å². The number of nitrogens with zero attached hydrogens (tertiary/aromatic N) is 1. The number of anilines is 1. The summed E-state index contributed by atoms with van der Waals surface area (Å²) in [4.78, 5) is 0. The highest BCUT2D eigenvalue weighted by Crippen LogP contribution is 2.17. The summed E-state index contributed by atoms with van der Waals surface area (Å²) >= 11 is 5.24. The van der Waals surface area contributed by atoms with Gasteiger partial charge in [0.1, 0.15) is 5.75 Å². The number of benzene rings is 2. The van der Waals surface area contributed by atoms with Crippen LogP contribution in [0.2, 0.25) is 0 Å². The van der Waals surface area contributed by atoms with Crippen LogP contribution in [0.1, 0.15) is 16.7 Å². The Morgan fingerprint density at radius 1 is 1.14 bits per heavy atom. The van der Waals surface area contributed by atoms with Crippen LogP contribution in [0.15, 0.2) is 47.6 Å². The molecule has 22 heavy (non-hydrogen) atoms. The average molecular weight is 313 g/mol. The number of nitrogens with one attached hydrogen (secondary N) is 2. The molecule has 0 radical (unpaired) electrons. The highest BCUT2D eigenvalue weighted by Gasteiger charge is 2.01. The third-order valence-electron chi connectivity index (χ3n) is 3.35. The second kappa shape index (κ2) is 7.56. The van der Waals surface area contributed by atoms with Crippen molar-refractivity contribution in [1.82, 2.24) is 5.43 Å². The Hall–Kier alpha value is -2.40. The minimum atomic E-state index is 0.457. The van der Waals surface area contributed by atoms with E-state index in [4.69, 9.17) is 17.0 Å². The van der Waals surface area contributed by atoms with Crippen molar-refractivity contribution in [2.45, 2.75) is 13.8 Å². The Kier molecular flexibility index (Phi) is 5.49. The molecule has 0 saturated heterocycles. The Morgan fingerprint density at radius 2 is 1.86 bits per heavy atom. The summed E-state index contributed by atoms with van der Waals surface area (Å²) in [5.74, 6) is 0.817. The molecule has 0 aliphatic heterocycles. The van der Waals surface area contributed by atoms with E-state index in [0.717, 1.165) is 17.0 Å². The number of thiocarbonyl (C=S) groups is 1. The monoisotopic (exact) mass is 313 g/mol. The van der Waals surface area contributed by atoms with Gasteiger partial charge in [0, 0.05) is 5.69 Å². The van der Waals surface area contributed by atoms with Crippen LogP contribution < -0.4 is 15.5 Å². The van der Waals surface area contributed by atoms with Crippen LogP contribution >= 0.6 is 12.2 Å².